The number of aromatic nitrogens is 3. The molecule has 3 heterocycles. The molecule has 1 aliphatic rings. The molecule has 1 aliphatic carbocycles. The van der Waals surface area contributed by atoms with Gasteiger partial charge < -0.3 is 9.47 Å². The van der Waals surface area contributed by atoms with E-state index in [4.69, 9.17) is 14.5 Å². The smallest absolute Gasteiger partial charge is 0.214 e. The second-order valence-electron chi connectivity index (χ2n) is 6.34. The fraction of sp³-hybridized carbons (Fsp3) is 0.286. The first kappa shape index (κ1) is 19.1. The highest BCUT2D eigenvalue weighted by molar-refractivity contribution is 5.85. The molecule has 0 N–H and O–H groups in total. The Hall–Kier alpha value is -2.66. The first-order valence-electron chi connectivity index (χ1n) is 8.89. The van der Waals surface area contributed by atoms with Gasteiger partial charge in [-0.05, 0) is 55.0 Å². The molecule has 5 nitrogen and oxygen atoms in total. The third-order valence-electron chi connectivity index (χ3n) is 4.63. The van der Waals surface area contributed by atoms with Crippen LogP contribution in [-0.2, 0) is 19.4 Å². The van der Waals surface area contributed by atoms with Crippen molar-refractivity contribution in [2.75, 3.05) is 7.11 Å². The molecule has 0 aliphatic heterocycles. The summed E-state index contributed by atoms with van der Waals surface area (Å²) >= 11 is 0. The maximum atomic E-state index is 5.95. The molecule has 140 valence electrons. The van der Waals surface area contributed by atoms with Gasteiger partial charge >= 0.3 is 0 Å². The van der Waals surface area contributed by atoms with Crippen molar-refractivity contribution in [2.24, 2.45) is 0 Å². The zero-order valence-corrected chi connectivity index (χ0v) is 16.0. The molecule has 6 heteroatoms. The van der Waals surface area contributed by atoms with Gasteiger partial charge in [-0.15, -0.1) is 12.4 Å². The average molecular weight is 384 g/mol. The summed E-state index contributed by atoms with van der Waals surface area (Å²) in [6.45, 7) is 0.410. The normalized spacial score (nSPS) is 12.6. The summed E-state index contributed by atoms with van der Waals surface area (Å²) in [5.41, 5.74) is 5.56. The lowest BCUT2D eigenvalue weighted by molar-refractivity contribution is 0.288. The van der Waals surface area contributed by atoms with E-state index in [1.165, 1.54) is 18.4 Å². The number of ether oxygens (including phenoxy) is 2. The maximum absolute atomic E-state index is 5.95. The Kier molecular flexibility index (Phi) is 6.24. The summed E-state index contributed by atoms with van der Waals surface area (Å²) < 4.78 is 11.1. The van der Waals surface area contributed by atoms with Gasteiger partial charge in [-0.1, -0.05) is 6.07 Å². The van der Waals surface area contributed by atoms with Crippen molar-refractivity contribution in [3.63, 3.8) is 0 Å². The topological polar surface area (TPSA) is 57.1 Å². The summed E-state index contributed by atoms with van der Waals surface area (Å²) in [7, 11) is 1.62. The summed E-state index contributed by atoms with van der Waals surface area (Å²) in [6, 6.07) is 11.8. The van der Waals surface area contributed by atoms with Gasteiger partial charge in [0.05, 0.1) is 12.8 Å². The number of hydrogen-bond acceptors (Lipinski definition) is 5. The molecule has 0 unspecified atom stereocenters. The summed E-state index contributed by atoms with van der Waals surface area (Å²) in [6.07, 6.45) is 8.03. The van der Waals surface area contributed by atoms with Crippen LogP contribution in [0.15, 0.2) is 48.8 Å². The summed E-state index contributed by atoms with van der Waals surface area (Å²) in [5.74, 6) is 1.26. The van der Waals surface area contributed by atoms with Gasteiger partial charge in [0.2, 0.25) is 11.8 Å². The monoisotopic (exact) mass is 383 g/mol. The quantitative estimate of drug-likeness (QED) is 0.652. The van der Waals surface area contributed by atoms with E-state index < -0.39 is 0 Å². The van der Waals surface area contributed by atoms with Crippen molar-refractivity contribution in [3.8, 4) is 22.9 Å². The van der Waals surface area contributed by atoms with Crippen molar-refractivity contribution in [3.05, 3.63) is 65.7 Å². The third kappa shape index (κ3) is 4.37. The molecule has 0 amide bonds. The van der Waals surface area contributed by atoms with E-state index in [-0.39, 0.29) is 12.4 Å². The van der Waals surface area contributed by atoms with E-state index in [1.54, 1.807) is 13.3 Å². The molecule has 3 aromatic heterocycles. The minimum Gasteiger partial charge on any atom is -0.481 e. The standard InChI is InChI=1S/C21H21N3O2.ClH/c1-25-20-10-9-15(13-23-20)18-12-21(24-19-8-3-2-7-17(18)19)26-14-16-6-4-5-11-22-16;/h4-6,9-13H,2-3,7-8,14H2,1H3;1H. The van der Waals surface area contributed by atoms with Gasteiger partial charge in [0.1, 0.15) is 6.61 Å². The Morgan fingerprint density at radius 2 is 1.89 bits per heavy atom. The van der Waals surface area contributed by atoms with Crippen LogP contribution in [0.5, 0.6) is 11.8 Å². The molecular formula is C21H22ClN3O2. The number of hydrogen-bond donors (Lipinski definition) is 0. The highest BCUT2D eigenvalue weighted by atomic mass is 35.5. The minimum atomic E-state index is 0. The molecule has 0 aromatic carbocycles. The molecule has 0 saturated heterocycles. The van der Waals surface area contributed by atoms with Crippen LogP contribution in [0.3, 0.4) is 0 Å². The Balaban J connectivity index is 0.00000210. The number of nitrogens with zero attached hydrogens (tertiary/aromatic N) is 3. The predicted molar refractivity (Wildman–Crippen MR) is 106 cm³/mol. The Morgan fingerprint density at radius 3 is 2.63 bits per heavy atom. The molecule has 27 heavy (non-hydrogen) atoms. The lowest BCUT2D eigenvalue weighted by Crippen LogP contribution is -2.09. The zero-order valence-electron chi connectivity index (χ0n) is 15.2. The highest BCUT2D eigenvalue weighted by Gasteiger charge is 2.18. The van der Waals surface area contributed by atoms with Crippen LogP contribution in [0.1, 0.15) is 29.8 Å². The molecule has 0 spiro atoms. The van der Waals surface area contributed by atoms with Crippen LogP contribution in [-0.4, -0.2) is 22.1 Å². The number of aryl methyl sites for hydroxylation is 1. The number of pyridine rings is 3. The van der Waals surface area contributed by atoms with E-state index in [9.17, 15) is 0 Å². The highest BCUT2D eigenvalue weighted by Crippen LogP contribution is 2.33. The van der Waals surface area contributed by atoms with Crippen LogP contribution in [0, 0.1) is 0 Å². The first-order valence-corrected chi connectivity index (χ1v) is 8.89. The second-order valence-corrected chi connectivity index (χ2v) is 6.34. The van der Waals surface area contributed by atoms with E-state index in [1.807, 2.05) is 42.6 Å². The fourth-order valence-corrected chi connectivity index (χ4v) is 3.30. The second kappa shape index (κ2) is 8.82. The Bertz CT molecular complexity index is 886. The van der Waals surface area contributed by atoms with Crippen LogP contribution in [0.25, 0.3) is 11.1 Å². The number of halogens is 1. The van der Waals surface area contributed by atoms with Gasteiger partial charge in [-0.25, -0.2) is 9.97 Å². The number of rotatable bonds is 5. The maximum Gasteiger partial charge on any atom is 0.214 e. The summed E-state index contributed by atoms with van der Waals surface area (Å²) in [4.78, 5) is 13.4. The molecular weight excluding hydrogens is 362 g/mol. The van der Waals surface area contributed by atoms with Crippen LogP contribution in [0.4, 0.5) is 0 Å². The average Bonchev–Trinajstić information content (AvgIpc) is 2.72. The predicted octanol–water partition coefficient (Wildman–Crippen LogP) is 4.43. The van der Waals surface area contributed by atoms with E-state index in [0.717, 1.165) is 35.4 Å². The number of fused-ring (bicyclic) bond motifs is 1. The molecule has 4 rings (SSSR count). The van der Waals surface area contributed by atoms with Gasteiger partial charge in [0.15, 0.2) is 0 Å². The summed E-state index contributed by atoms with van der Waals surface area (Å²) in [5, 5.41) is 0. The Labute approximate surface area is 165 Å². The third-order valence-corrected chi connectivity index (χ3v) is 4.63. The van der Waals surface area contributed by atoms with E-state index in [2.05, 4.69) is 9.97 Å². The minimum absolute atomic E-state index is 0. The zero-order chi connectivity index (χ0) is 17.8. The first-order chi connectivity index (χ1) is 12.8. The van der Waals surface area contributed by atoms with Crippen molar-refractivity contribution >= 4 is 12.4 Å². The van der Waals surface area contributed by atoms with Crippen LogP contribution in [0.2, 0.25) is 0 Å². The molecule has 0 saturated carbocycles. The Morgan fingerprint density at radius 1 is 1.00 bits per heavy atom. The van der Waals surface area contributed by atoms with E-state index in [0.29, 0.717) is 18.4 Å². The molecule has 0 radical (unpaired) electrons. The van der Waals surface area contributed by atoms with Gasteiger partial charge in [0.25, 0.3) is 0 Å². The molecule has 0 fully saturated rings. The van der Waals surface area contributed by atoms with Gasteiger partial charge in [-0.2, -0.15) is 0 Å². The largest absolute Gasteiger partial charge is 0.481 e. The van der Waals surface area contributed by atoms with Crippen molar-refractivity contribution < 1.29 is 9.47 Å². The van der Waals surface area contributed by atoms with E-state index >= 15 is 0 Å². The lowest BCUT2D eigenvalue weighted by atomic mass is 9.90. The van der Waals surface area contributed by atoms with Crippen molar-refractivity contribution in [1.29, 1.82) is 0 Å². The SMILES string of the molecule is COc1ccc(-c2cc(OCc3ccccn3)nc3c2CCCC3)cn1.Cl. The van der Waals surface area contributed by atoms with Gasteiger partial charge in [-0.3, -0.25) is 4.98 Å². The lowest BCUT2D eigenvalue weighted by Gasteiger charge is -2.20. The van der Waals surface area contributed by atoms with Crippen molar-refractivity contribution in [1.82, 2.24) is 15.0 Å². The fourth-order valence-electron chi connectivity index (χ4n) is 3.30. The van der Waals surface area contributed by atoms with Crippen LogP contribution < -0.4 is 9.47 Å². The van der Waals surface area contributed by atoms with Crippen molar-refractivity contribution in [2.45, 2.75) is 32.3 Å². The van der Waals surface area contributed by atoms with Crippen LogP contribution >= 0.6 is 12.4 Å². The molecule has 0 bridgehead atoms. The van der Waals surface area contributed by atoms with Gasteiger partial charge in [0, 0.05) is 35.8 Å². The molecule has 3 aromatic rings. The number of methoxy groups -OCH3 is 1. The molecule has 0 atom stereocenters.